The number of anilines is 1. The zero-order chi connectivity index (χ0) is 19.7. The molecule has 0 saturated heterocycles. The Labute approximate surface area is 164 Å². The van der Waals surface area contributed by atoms with Crippen LogP contribution >= 0.6 is 0 Å². The van der Waals surface area contributed by atoms with Crippen molar-refractivity contribution < 1.29 is 4.39 Å². The first-order valence-electron chi connectivity index (χ1n) is 8.91. The molecule has 4 aromatic rings. The quantitative estimate of drug-likeness (QED) is 0.542. The summed E-state index contributed by atoms with van der Waals surface area (Å²) < 4.78 is 15.9. The van der Waals surface area contributed by atoms with Crippen LogP contribution in [0.25, 0.3) is 22.5 Å². The number of nitrogens with one attached hydrogen (secondary N) is 1. The Bertz CT molecular complexity index is 1170. The molecule has 0 spiro atoms. The monoisotopic (exact) mass is 368 g/mol. The van der Waals surface area contributed by atoms with Gasteiger partial charge < -0.3 is 5.32 Å². The number of aromatic nitrogens is 3. The number of rotatable bonds is 5. The minimum atomic E-state index is -0.334. The van der Waals surface area contributed by atoms with Crippen molar-refractivity contribution in [2.45, 2.75) is 13.5 Å². The van der Waals surface area contributed by atoms with E-state index in [1.165, 1.54) is 6.07 Å². The molecular weight excluding hydrogens is 350 g/mol. The van der Waals surface area contributed by atoms with Gasteiger partial charge in [-0.1, -0.05) is 48.6 Å². The lowest BCUT2D eigenvalue weighted by molar-refractivity contribution is 0.630. The molecule has 0 aliphatic carbocycles. The van der Waals surface area contributed by atoms with Crippen LogP contribution in [-0.4, -0.2) is 22.4 Å². The normalized spacial score (nSPS) is 10.9. The zero-order valence-corrected chi connectivity index (χ0v) is 15.5. The summed E-state index contributed by atoms with van der Waals surface area (Å²) in [4.78, 5) is 4.50. The van der Waals surface area contributed by atoms with Crippen LogP contribution in [0.4, 0.5) is 10.2 Å². The Kier molecular flexibility index (Phi) is 4.69. The highest BCUT2D eigenvalue weighted by Gasteiger charge is 2.13. The Morgan fingerprint density at radius 1 is 1.18 bits per heavy atom. The van der Waals surface area contributed by atoms with Gasteiger partial charge in [0.25, 0.3) is 0 Å². The lowest BCUT2D eigenvalue weighted by atomic mass is 10.0. The van der Waals surface area contributed by atoms with Crippen LogP contribution in [0, 0.1) is 5.82 Å². The van der Waals surface area contributed by atoms with Gasteiger partial charge in [-0.15, -0.1) is 0 Å². The van der Waals surface area contributed by atoms with Crippen molar-refractivity contribution in [1.29, 1.82) is 0 Å². The van der Waals surface area contributed by atoms with Gasteiger partial charge in [0.05, 0.1) is 5.69 Å². The molecule has 0 saturated carbocycles. The van der Waals surface area contributed by atoms with Crippen LogP contribution in [-0.2, 0) is 6.54 Å². The molecule has 0 unspecified atom stereocenters. The minimum Gasteiger partial charge on any atom is -0.366 e. The highest BCUT2D eigenvalue weighted by molar-refractivity contribution is 6.36. The number of fused-ring (bicyclic) bond motifs is 1. The fourth-order valence-corrected chi connectivity index (χ4v) is 3.01. The van der Waals surface area contributed by atoms with E-state index in [1.807, 2.05) is 31.2 Å². The average Bonchev–Trinajstić information content (AvgIpc) is 3.08. The Balaban J connectivity index is 1.69. The van der Waals surface area contributed by atoms with Gasteiger partial charge in [0.2, 0.25) is 0 Å². The van der Waals surface area contributed by atoms with Crippen molar-refractivity contribution in [3.8, 4) is 11.3 Å². The number of hydrogen-bond donors (Lipinski definition) is 1. The third-order valence-electron chi connectivity index (χ3n) is 4.57. The van der Waals surface area contributed by atoms with E-state index in [0.29, 0.717) is 34.7 Å². The third kappa shape index (κ3) is 3.41. The average molecular weight is 368 g/mol. The van der Waals surface area contributed by atoms with Gasteiger partial charge in [0.1, 0.15) is 19.5 Å². The molecular formula is C22H18BFN4. The number of halogens is 1. The maximum absolute atomic E-state index is 14.3. The molecule has 4 nitrogen and oxygen atoms in total. The van der Waals surface area contributed by atoms with Crippen molar-refractivity contribution in [2.24, 2.45) is 0 Å². The molecule has 28 heavy (non-hydrogen) atoms. The highest BCUT2D eigenvalue weighted by atomic mass is 19.1. The molecule has 0 bridgehead atoms. The summed E-state index contributed by atoms with van der Waals surface area (Å²) in [6.07, 6.45) is 1.54. The second kappa shape index (κ2) is 7.31. The van der Waals surface area contributed by atoms with Crippen molar-refractivity contribution in [2.75, 3.05) is 5.32 Å². The largest absolute Gasteiger partial charge is 0.366 e. The van der Waals surface area contributed by atoms with Crippen molar-refractivity contribution in [1.82, 2.24) is 14.6 Å². The van der Waals surface area contributed by atoms with E-state index in [2.05, 4.69) is 22.0 Å². The van der Waals surface area contributed by atoms with Crippen LogP contribution in [0.2, 0.25) is 0 Å². The minimum absolute atomic E-state index is 0.334. The van der Waals surface area contributed by atoms with Gasteiger partial charge in [-0.3, -0.25) is 0 Å². The van der Waals surface area contributed by atoms with Crippen LogP contribution in [0.1, 0.15) is 18.1 Å². The van der Waals surface area contributed by atoms with Gasteiger partial charge in [0, 0.05) is 24.4 Å². The smallest absolute Gasteiger partial charge is 0.150 e. The molecule has 2 heterocycles. The molecule has 2 aromatic carbocycles. The van der Waals surface area contributed by atoms with E-state index in [-0.39, 0.29) is 5.82 Å². The number of hydrogen-bond acceptors (Lipinski definition) is 3. The van der Waals surface area contributed by atoms with Crippen LogP contribution in [0.3, 0.4) is 0 Å². The summed E-state index contributed by atoms with van der Waals surface area (Å²) in [7, 11) is 6.01. The first-order valence-corrected chi connectivity index (χ1v) is 8.91. The molecule has 0 aliphatic rings. The van der Waals surface area contributed by atoms with Gasteiger partial charge in [-0.25, -0.2) is 9.37 Å². The molecule has 2 aromatic heterocycles. The van der Waals surface area contributed by atoms with E-state index in [1.54, 1.807) is 35.0 Å². The topological polar surface area (TPSA) is 42.2 Å². The van der Waals surface area contributed by atoms with Crippen LogP contribution in [0.5, 0.6) is 0 Å². The van der Waals surface area contributed by atoms with E-state index >= 15 is 0 Å². The van der Waals surface area contributed by atoms with Crippen molar-refractivity contribution >= 4 is 30.3 Å². The molecule has 0 aliphatic heterocycles. The molecule has 0 amide bonds. The molecule has 0 fully saturated rings. The van der Waals surface area contributed by atoms with E-state index < -0.39 is 0 Å². The number of nitrogens with zero attached hydrogens (tertiary/aromatic N) is 3. The fourth-order valence-electron chi connectivity index (χ4n) is 3.01. The molecule has 1 N–H and O–H groups in total. The lowest BCUT2D eigenvalue weighted by Gasteiger charge is -2.12. The predicted molar refractivity (Wildman–Crippen MR) is 112 cm³/mol. The first-order chi connectivity index (χ1) is 13.5. The Hall–Kier alpha value is -3.41. The van der Waals surface area contributed by atoms with E-state index in [0.717, 1.165) is 16.7 Å². The fraction of sp³-hybridized carbons (Fsp3) is 0.0909. The summed E-state index contributed by atoms with van der Waals surface area (Å²) in [5.41, 5.74) is 5.07. The van der Waals surface area contributed by atoms with Gasteiger partial charge in [0.15, 0.2) is 5.65 Å². The summed E-state index contributed by atoms with van der Waals surface area (Å²) in [6.45, 7) is 6.51. The summed E-state index contributed by atoms with van der Waals surface area (Å²) in [5.74, 6) is 0.350. The molecule has 136 valence electrons. The van der Waals surface area contributed by atoms with E-state index in [9.17, 15) is 4.39 Å². The Morgan fingerprint density at radius 3 is 2.64 bits per heavy atom. The van der Waals surface area contributed by atoms with Gasteiger partial charge in [-0.2, -0.15) is 9.61 Å². The molecule has 4 rings (SSSR count). The number of allylic oxidation sites excluding steroid dienone is 1. The van der Waals surface area contributed by atoms with Gasteiger partial charge in [-0.05, 0) is 35.6 Å². The summed E-state index contributed by atoms with van der Waals surface area (Å²) in [6, 6.07) is 16.5. The van der Waals surface area contributed by atoms with E-state index in [4.69, 9.17) is 7.85 Å². The second-order valence-electron chi connectivity index (χ2n) is 6.67. The van der Waals surface area contributed by atoms with Crippen molar-refractivity contribution in [3.63, 3.8) is 0 Å². The maximum atomic E-state index is 14.3. The maximum Gasteiger partial charge on any atom is 0.150 e. The zero-order valence-electron chi connectivity index (χ0n) is 15.5. The third-order valence-corrected chi connectivity index (χ3v) is 4.57. The van der Waals surface area contributed by atoms with Crippen molar-refractivity contribution in [3.05, 3.63) is 84.3 Å². The summed E-state index contributed by atoms with van der Waals surface area (Å²) >= 11 is 0. The molecule has 0 atom stereocenters. The SMILES string of the molecule is [B]c1cnn2c(NCc3ccc(C(=C)C)cc3)cc(-c3ccccc3F)nc12. The Morgan fingerprint density at radius 2 is 1.93 bits per heavy atom. The lowest BCUT2D eigenvalue weighted by Crippen LogP contribution is -2.09. The first kappa shape index (κ1) is 18.0. The van der Waals surface area contributed by atoms with Crippen LogP contribution < -0.4 is 10.8 Å². The highest BCUT2D eigenvalue weighted by Crippen LogP contribution is 2.24. The molecule has 2 radical (unpaired) electrons. The standard InChI is InChI=1S/C22H18BFN4/c1-14(2)16-9-7-15(8-10-16)12-25-21-11-20(17-5-3-4-6-19(17)24)27-22-18(23)13-26-28(21)22/h3-11,13,25H,1,12H2,2H3. The second-order valence-corrected chi connectivity index (χ2v) is 6.67. The summed E-state index contributed by atoms with van der Waals surface area (Å²) in [5, 5.41) is 7.64. The van der Waals surface area contributed by atoms with Gasteiger partial charge >= 0.3 is 0 Å². The van der Waals surface area contributed by atoms with Crippen LogP contribution in [0.15, 0.2) is 67.4 Å². The predicted octanol–water partition coefficient (Wildman–Crippen LogP) is 3.97. The number of benzene rings is 2. The molecule has 6 heteroatoms.